The molecule has 7 nitrogen and oxygen atoms in total. The maximum atomic E-state index is 12.0. The molecular formula is C23H24N2O5. The summed E-state index contributed by atoms with van der Waals surface area (Å²) < 4.78 is 21.1. The Kier molecular flexibility index (Phi) is 7.21. The van der Waals surface area contributed by atoms with Crippen LogP contribution >= 0.6 is 0 Å². The molecule has 2 aromatic carbocycles. The third-order valence-electron chi connectivity index (χ3n) is 4.40. The summed E-state index contributed by atoms with van der Waals surface area (Å²) in [5, 5.41) is 3.93. The number of esters is 1. The van der Waals surface area contributed by atoms with Crippen molar-refractivity contribution in [3.05, 3.63) is 72.1 Å². The van der Waals surface area contributed by atoms with E-state index in [4.69, 9.17) is 18.7 Å². The zero-order chi connectivity index (χ0) is 21.3. The Bertz CT molecular complexity index is 995. The van der Waals surface area contributed by atoms with Gasteiger partial charge in [0, 0.05) is 5.56 Å². The first-order valence-corrected chi connectivity index (χ1v) is 9.61. The van der Waals surface area contributed by atoms with Gasteiger partial charge in [-0.25, -0.2) is 4.79 Å². The third kappa shape index (κ3) is 5.47. The van der Waals surface area contributed by atoms with Gasteiger partial charge in [-0.2, -0.15) is 4.98 Å². The van der Waals surface area contributed by atoms with Crippen molar-refractivity contribution in [1.29, 1.82) is 0 Å². The standard InChI is InChI=1S/C23H24N2O5/c1-4-6-17-9-12-19(20(13-17)27-3)28-15-22(26)29-14-21-24-23(25-30-21)18-10-7-16(5-2)8-11-18/h4,7-13H,1,5-6,14-15H2,2-3H3. The maximum Gasteiger partial charge on any atom is 0.344 e. The van der Waals surface area contributed by atoms with Crippen molar-refractivity contribution in [2.24, 2.45) is 0 Å². The van der Waals surface area contributed by atoms with Gasteiger partial charge in [0.25, 0.3) is 5.89 Å². The number of hydrogen-bond acceptors (Lipinski definition) is 7. The highest BCUT2D eigenvalue weighted by Crippen LogP contribution is 2.28. The van der Waals surface area contributed by atoms with E-state index in [9.17, 15) is 4.79 Å². The van der Waals surface area contributed by atoms with Crippen LogP contribution in [0, 0.1) is 0 Å². The molecule has 0 amide bonds. The zero-order valence-electron chi connectivity index (χ0n) is 17.1. The highest BCUT2D eigenvalue weighted by Gasteiger charge is 2.13. The van der Waals surface area contributed by atoms with Crippen LogP contribution in [-0.4, -0.2) is 29.8 Å². The minimum Gasteiger partial charge on any atom is -0.493 e. The van der Waals surface area contributed by atoms with E-state index in [1.165, 1.54) is 5.56 Å². The lowest BCUT2D eigenvalue weighted by atomic mass is 10.1. The monoisotopic (exact) mass is 408 g/mol. The molecule has 1 aromatic heterocycles. The molecule has 0 radical (unpaired) electrons. The smallest absolute Gasteiger partial charge is 0.344 e. The molecule has 0 aliphatic heterocycles. The number of ether oxygens (including phenoxy) is 3. The molecule has 0 aliphatic rings. The normalized spacial score (nSPS) is 10.5. The summed E-state index contributed by atoms with van der Waals surface area (Å²) in [6.45, 7) is 5.41. The van der Waals surface area contributed by atoms with Gasteiger partial charge in [0.15, 0.2) is 24.7 Å². The minimum absolute atomic E-state index is 0.127. The van der Waals surface area contributed by atoms with Crippen LogP contribution < -0.4 is 9.47 Å². The molecule has 0 fully saturated rings. The van der Waals surface area contributed by atoms with E-state index in [0.717, 1.165) is 17.5 Å². The molecule has 1 heterocycles. The molecule has 0 unspecified atom stereocenters. The van der Waals surface area contributed by atoms with Crippen molar-refractivity contribution in [3.8, 4) is 22.9 Å². The summed E-state index contributed by atoms with van der Waals surface area (Å²) >= 11 is 0. The predicted octanol–water partition coefficient (Wildman–Crippen LogP) is 4.16. The second kappa shape index (κ2) is 10.2. The molecule has 3 aromatic rings. The lowest BCUT2D eigenvalue weighted by Crippen LogP contribution is -2.15. The first kappa shape index (κ1) is 21.1. The molecule has 156 valence electrons. The van der Waals surface area contributed by atoms with Crippen LogP contribution in [0.25, 0.3) is 11.4 Å². The second-order valence-electron chi connectivity index (χ2n) is 6.49. The van der Waals surface area contributed by atoms with E-state index in [2.05, 4.69) is 23.6 Å². The van der Waals surface area contributed by atoms with Crippen LogP contribution in [0.15, 0.2) is 59.6 Å². The van der Waals surface area contributed by atoms with E-state index in [-0.39, 0.29) is 19.1 Å². The first-order valence-electron chi connectivity index (χ1n) is 9.61. The SMILES string of the molecule is C=CCc1ccc(OCC(=O)OCc2nc(-c3ccc(CC)cc3)no2)c(OC)c1. The van der Waals surface area contributed by atoms with Gasteiger partial charge in [0.2, 0.25) is 5.82 Å². The number of aromatic nitrogens is 2. The molecule has 0 atom stereocenters. The van der Waals surface area contributed by atoms with Gasteiger partial charge in [-0.05, 0) is 36.1 Å². The summed E-state index contributed by atoms with van der Waals surface area (Å²) in [5.41, 5.74) is 3.10. The Hall–Kier alpha value is -3.61. The third-order valence-corrected chi connectivity index (χ3v) is 4.40. The van der Waals surface area contributed by atoms with Crippen LogP contribution in [0.3, 0.4) is 0 Å². The molecule has 0 saturated heterocycles. The number of carbonyl (C=O) groups excluding carboxylic acids is 1. The highest BCUT2D eigenvalue weighted by atomic mass is 16.6. The van der Waals surface area contributed by atoms with E-state index < -0.39 is 5.97 Å². The highest BCUT2D eigenvalue weighted by molar-refractivity contribution is 5.71. The topological polar surface area (TPSA) is 83.7 Å². The Morgan fingerprint density at radius 3 is 2.60 bits per heavy atom. The van der Waals surface area contributed by atoms with Crippen LogP contribution in [0.5, 0.6) is 11.5 Å². The summed E-state index contributed by atoms with van der Waals surface area (Å²) in [5.74, 6) is 1.10. The van der Waals surface area contributed by atoms with Gasteiger partial charge in [0.05, 0.1) is 7.11 Å². The molecule has 3 rings (SSSR count). The average molecular weight is 408 g/mol. The van der Waals surface area contributed by atoms with Gasteiger partial charge >= 0.3 is 5.97 Å². The second-order valence-corrected chi connectivity index (χ2v) is 6.49. The summed E-state index contributed by atoms with van der Waals surface area (Å²) in [6.07, 6.45) is 3.48. The minimum atomic E-state index is -0.556. The number of rotatable bonds is 10. The fourth-order valence-corrected chi connectivity index (χ4v) is 2.77. The number of methoxy groups -OCH3 is 1. The van der Waals surface area contributed by atoms with Crippen LogP contribution in [0.4, 0.5) is 0 Å². The fourth-order valence-electron chi connectivity index (χ4n) is 2.77. The van der Waals surface area contributed by atoms with Crippen molar-refractivity contribution >= 4 is 5.97 Å². The van der Waals surface area contributed by atoms with E-state index in [1.54, 1.807) is 19.3 Å². The number of nitrogens with zero attached hydrogens (tertiary/aromatic N) is 2. The molecule has 0 saturated carbocycles. The Morgan fingerprint density at radius 2 is 1.90 bits per heavy atom. The van der Waals surface area contributed by atoms with E-state index in [1.807, 2.05) is 36.4 Å². The maximum absolute atomic E-state index is 12.0. The quantitative estimate of drug-likeness (QED) is 0.368. The Morgan fingerprint density at radius 1 is 1.13 bits per heavy atom. The summed E-state index contributed by atoms with van der Waals surface area (Å²) in [7, 11) is 1.54. The molecule has 7 heteroatoms. The molecule has 0 bridgehead atoms. The molecule has 0 N–H and O–H groups in total. The summed E-state index contributed by atoms with van der Waals surface area (Å²) in [4.78, 5) is 16.3. The first-order chi connectivity index (χ1) is 14.6. The number of allylic oxidation sites excluding steroid dienone is 1. The number of hydrogen-bond donors (Lipinski definition) is 0. The number of carbonyl (C=O) groups is 1. The average Bonchev–Trinajstić information content (AvgIpc) is 3.26. The Labute approximate surface area is 175 Å². The van der Waals surface area contributed by atoms with E-state index in [0.29, 0.717) is 23.7 Å². The van der Waals surface area contributed by atoms with Crippen LogP contribution in [0.2, 0.25) is 0 Å². The van der Waals surface area contributed by atoms with Crippen molar-refractivity contribution in [3.63, 3.8) is 0 Å². The number of aryl methyl sites for hydroxylation is 1. The molecule has 0 spiro atoms. The van der Waals surface area contributed by atoms with Crippen molar-refractivity contribution in [2.45, 2.75) is 26.4 Å². The van der Waals surface area contributed by atoms with Crippen molar-refractivity contribution in [1.82, 2.24) is 10.1 Å². The van der Waals surface area contributed by atoms with Gasteiger partial charge in [-0.15, -0.1) is 6.58 Å². The number of benzene rings is 2. The van der Waals surface area contributed by atoms with Crippen molar-refractivity contribution < 1.29 is 23.5 Å². The van der Waals surface area contributed by atoms with Gasteiger partial charge in [-0.1, -0.05) is 48.5 Å². The molecule has 0 aliphatic carbocycles. The lowest BCUT2D eigenvalue weighted by Gasteiger charge is -2.11. The van der Waals surface area contributed by atoms with E-state index >= 15 is 0 Å². The van der Waals surface area contributed by atoms with Crippen LogP contribution in [0.1, 0.15) is 23.9 Å². The van der Waals surface area contributed by atoms with Gasteiger partial charge in [-0.3, -0.25) is 0 Å². The molecule has 30 heavy (non-hydrogen) atoms. The van der Waals surface area contributed by atoms with Crippen LogP contribution in [-0.2, 0) is 29.0 Å². The fraction of sp³-hybridized carbons (Fsp3) is 0.261. The predicted molar refractivity (Wildman–Crippen MR) is 111 cm³/mol. The van der Waals surface area contributed by atoms with Gasteiger partial charge in [0.1, 0.15) is 0 Å². The van der Waals surface area contributed by atoms with Crippen molar-refractivity contribution in [2.75, 3.05) is 13.7 Å². The lowest BCUT2D eigenvalue weighted by molar-refractivity contribution is -0.148. The molecular weight excluding hydrogens is 384 g/mol. The van der Waals surface area contributed by atoms with Gasteiger partial charge < -0.3 is 18.7 Å². The Balaban J connectivity index is 1.51. The largest absolute Gasteiger partial charge is 0.493 e. The zero-order valence-corrected chi connectivity index (χ0v) is 17.1. The summed E-state index contributed by atoms with van der Waals surface area (Å²) in [6, 6.07) is 13.4.